The molecule has 2 unspecified atom stereocenters. The smallest absolute Gasteiger partial charge is 0.223 e. The van der Waals surface area contributed by atoms with Crippen LogP contribution in [0.2, 0.25) is 0 Å². The van der Waals surface area contributed by atoms with E-state index in [0.717, 1.165) is 47.2 Å². The number of aromatic nitrogens is 1. The third-order valence-corrected chi connectivity index (χ3v) is 9.37. The van der Waals surface area contributed by atoms with E-state index < -0.39 is 5.54 Å². The molecule has 1 aliphatic heterocycles. The number of rotatable bonds is 20. The van der Waals surface area contributed by atoms with Crippen molar-refractivity contribution < 1.29 is 19.1 Å². The number of Topliss-reactive ketones (excluding diaryl/α,β-unsaturated/α-hetero) is 1. The van der Waals surface area contributed by atoms with Gasteiger partial charge in [-0.1, -0.05) is 70.4 Å². The fraction of sp³-hybridized carbons (Fsp3) is 0.690. The molecule has 218 valence electrons. The standard InChI is InChI=1S/C29H45N3O4S3/c1-5-8-9-10-11-15-27(35)37-17-13-12-14-22(36-16-6-2)18-25(34)30-19-26-31-23(20-38-26)28-32-29(4,21-39-28)24(33)7-3/h12,14,20,22H,5-11,13,15-19,21H2,1-4H3,(H,30,34). The van der Waals surface area contributed by atoms with Gasteiger partial charge in [-0.3, -0.25) is 19.4 Å². The average Bonchev–Trinajstić information content (AvgIpc) is 3.57. The summed E-state index contributed by atoms with van der Waals surface area (Å²) in [6.07, 6.45) is 12.5. The van der Waals surface area contributed by atoms with E-state index in [9.17, 15) is 14.4 Å². The van der Waals surface area contributed by atoms with Gasteiger partial charge in [0.05, 0.1) is 19.1 Å². The molecule has 39 heavy (non-hydrogen) atoms. The molecule has 0 aliphatic carbocycles. The third kappa shape index (κ3) is 12.7. The van der Waals surface area contributed by atoms with E-state index in [-0.39, 0.29) is 29.3 Å². The van der Waals surface area contributed by atoms with E-state index >= 15 is 0 Å². The van der Waals surface area contributed by atoms with E-state index in [1.165, 1.54) is 42.4 Å². The first-order valence-electron chi connectivity index (χ1n) is 14.2. The number of amides is 1. The van der Waals surface area contributed by atoms with Crippen LogP contribution in [0.15, 0.2) is 22.5 Å². The molecule has 2 rings (SSSR count). The monoisotopic (exact) mass is 595 g/mol. The summed E-state index contributed by atoms with van der Waals surface area (Å²) in [5.41, 5.74) is 0.0948. The predicted octanol–water partition coefficient (Wildman–Crippen LogP) is 6.74. The van der Waals surface area contributed by atoms with Gasteiger partial charge in [0.25, 0.3) is 0 Å². The highest BCUT2D eigenvalue weighted by atomic mass is 32.2. The molecule has 0 spiro atoms. The van der Waals surface area contributed by atoms with Crippen molar-refractivity contribution in [1.82, 2.24) is 10.3 Å². The lowest BCUT2D eigenvalue weighted by Gasteiger charge is -2.16. The lowest BCUT2D eigenvalue weighted by Crippen LogP contribution is -2.33. The maximum Gasteiger partial charge on any atom is 0.223 e. The van der Waals surface area contributed by atoms with Crippen LogP contribution in [-0.2, 0) is 25.7 Å². The number of unbranched alkanes of at least 4 members (excludes halogenated alkanes) is 4. The van der Waals surface area contributed by atoms with Gasteiger partial charge in [-0.15, -0.1) is 23.1 Å². The lowest BCUT2D eigenvalue weighted by atomic mass is 9.98. The number of thiazole rings is 1. The fourth-order valence-electron chi connectivity index (χ4n) is 3.96. The number of ether oxygens (including phenoxy) is 1. The summed E-state index contributed by atoms with van der Waals surface area (Å²) in [5.74, 6) is 1.43. The van der Waals surface area contributed by atoms with Crippen LogP contribution in [0.4, 0.5) is 0 Å². The number of ketones is 1. The molecule has 1 N–H and O–H groups in total. The minimum Gasteiger partial charge on any atom is -0.374 e. The number of aliphatic imine (C=N–C) groups is 1. The fourth-order valence-corrected chi connectivity index (χ4v) is 6.68. The van der Waals surface area contributed by atoms with Gasteiger partial charge in [-0.25, -0.2) is 4.98 Å². The molecule has 1 aromatic heterocycles. The van der Waals surface area contributed by atoms with Crippen LogP contribution < -0.4 is 5.32 Å². The Labute approximate surface area is 246 Å². The molecule has 10 heteroatoms. The summed E-state index contributed by atoms with van der Waals surface area (Å²) < 4.78 is 5.87. The van der Waals surface area contributed by atoms with E-state index in [2.05, 4.69) is 22.2 Å². The number of thioether (sulfide) groups is 2. The molecule has 7 nitrogen and oxygen atoms in total. The van der Waals surface area contributed by atoms with Crippen LogP contribution in [0.5, 0.6) is 0 Å². The van der Waals surface area contributed by atoms with Gasteiger partial charge in [0.15, 0.2) is 10.9 Å². The molecule has 2 heterocycles. The maximum absolute atomic E-state index is 12.6. The Morgan fingerprint density at radius 2 is 1.97 bits per heavy atom. The molecule has 0 fully saturated rings. The Balaban J connectivity index is 1.75. The summed E-state index contributed by atoms with van der Waals surface area (Å²) in [5, 5.41) is 6.73. The zero-order valence-corrected chi connectivity index (χ0v) is 26.4. The van der Waals surface area contributed by atoms with Crippen LogP contribution in [0.25, 0.3) is 0 Å². The first kappa shape index (κ1) is 33.7. The number of allylic oxidation sites excluding steroid dienone is 1. The predicted molar refractivity (Wildman–Crippen MR) is 166 cm³/mol. The topological polar surface area (TPSA) is 97.7 Å². The zero-order valence-electron chi connectivity index (χ0n) is 24.0. The van der Waals surface area contributed by atoms with Crippen molar-refractivity contribution in [2.75, 3.05) is 18.1 Å². The van der Waals surface area contributed by atoms with Gasteiger partial charge in [-0.05, 0) is 26.2 Å². The summed E-state index contributed by atoms with van der Waals surface area (Å²) >= 11 is 4.43. The second-order valence-electron chi connectivity index (χ2n) is 9.87. The van der Waals surface area contributed by atoms with Crippen LogP contribution in [0.1, 0.15) is 103 Å². The minimum atomic E-state index is -0.671. The molecule has 1 aromatic rings. The molecule has 0 aromatic carbocycles. The van der Waals surface area contributed by atoms with Crippen molar-refractivity contribution in [2.24, 2.45) is 4.99 Å². The van der Waals surface area contributed by atoms with Crippen molar-refractivity contribution in [2.45, 2.75) is 110 Å². The summed E-state index contributed by atoms with van der Waals surface area (Å²) in [6, 6.07) is 0. The highest BCUT2D eigenvalue weighted by Crippen LogP contribution is 2.32. The second kappa shape index (κ2) is 18.8. The molecule has 2 atom stereocenters. The Morgan fingerprint density at radius 3 is 2.72 bits per heavy atom. The van der Waals surface area contributed by atoms with Gasteiger partial charge in [0.1, 0.15) is 21.3 Å². The Hall–Kier alpha value is -1.49. The largest absolute Gasteiger partial charge is 0.374 e. The first-order chi connectivity index (χ1) is 18.8. The number of hydrogen-bond donors (Lipinski definition) is 1. The SMILES string of the molecule is CCCCCCCC(=O)SCCC=CC(CC(=O)NCc1nc(C2=NC(C)(C(=O)CC)CS2)cs1)OCCC. The van der Waals surface area contributed by atoms with E-state index in [1.807, 2.05) is 38.3 Å². The first-order valence-corrected chi connectivity index (χ1v) is 17.1. The van der Waals surface area contributed by atoms with E-state index in [1.54, 1.807) is 11.8 Å². The highest BCUT2D eigenvalue weighted by molar-refractivity contribution is 8.14. The van der Waals surface area contributed by atoms with Gasteiger partial charge >= 0.3 is 0 Å². The van der Waals surface area contributed by atoms with E-state index in [0.29, 0.717) is 31.7 Å². The van der Waals surface area contributed by atoms with E-state index in [4.69, 9.17) is 4.74 Å². The van der Waals surface area contributed by atoms with Gasteiger partial charge in [0.2, 0.25) is 5.91 Å². The van der Waals surface area contributed by atoms with Gasteiger partial charge in [-0.2, -0.15) is 0 Å². The Kier molecular flexibility index (Phi) is 16.2. The number of hydrogen-bond acceptors (Lipinski definition) is 9. The van der Waals surface area contributed by atoms with Gasteiger partial charge in [0, 0.05) is 36.3 Å². The van der Waals surface area contributed by atoms with Crippen molar-refractivity contribution in [3.63, 3.8) is 0 Å². The van der Waals surface area contributed by atoms with Crippen molar-refractivity contribution in [1.29, 1.82) is 0 Å². The number of carbonyl (C=O) groups excluding carboxylic acids is 3. The lowest BCUT2D eigenvalue weighted by molar-refractivity contribution is -0.123. The highest BCUT2D eigenvalue weighted by Gasteiger charge is 2.37. The maximum atomic E-state index is 12.6. The third-order valence-electron chi connectivity index (χ3n) is 6.27. The number of nitrogens with one attached hydrogen (secondary N) is 1. The summed E-state index contributed by atoms with van der Waals surface area (Å²) in [6.45, 7) is 8.90. The average molecular weight is 596 g/mol. The summed E-state index contributed by atoms with van der Waals surface area (Å²) in [4.78, 5) is 46.2. The van der Waals surface area contributed by atoms with Crippen LogP contribution in [0, 0.1) is 0 Å². The molecular weight excluding hydrogens is 551 g/mol. The Bertz CT molecular complexity index is 979. The second-order valence-corrected chi connectivity index (χ2v) is 12.9. The molecule has 1 amide bonds. The van der Waals surface area contributed by atoms with Crippen molar-refractivity contribution >= 4 is 56.7 Å². The summed E-state index contributed by atoms with van der Waals surface area (Å²) in [7, 11) is 0. The van der Waals surface area contributed by atoms with Crippen molar-refractivity contribution in [3.8, 4) is 0 Å². The van der Waals surface area contributed by atoms with Crippen LogP contribution >= 0.6 is 34.9 Å². The van der Waals surface area contributed by atoms with Crippen LogP contribution in [-0.4, -0.2) is 56.6 Å². The van der Waals surface area contributed by atoms with Crippen LogP contribution in [0.3, 0.4) is 0 Å². The number of nitrogens with zero attached hydrogens (tertiary/aromatic N) is 2. The minimum absolute atomic E-state index is 0.0983. The molecule has 0 saturated carbocycles. The van der Waals surface area contributed by atoms with Gasteiger partial charge < -0.3 is 10.1 Å². The quantitative estimate of drug-likeness (QED) is 0.132. The molecule has 0 bridgehead atoms. The molecular formula is C29H45N3O4S3. The molecule has 0 saturated heterocycles. The Morgan fingerprint density at radius 1 is 1.18 bits per heavy atom. The normalized spacial score (nSPS) is 17.9. The molecule has 0 radical (unpaired) electrons. The zero-order chi connectivity index (χ0) is 28.5. The van der Waals surface area contributed by atoms with Crippen molar-refractivity contribution in [3.05, 3.63) is 28.2 Å². The number of carbonyl (C=O) groups is 3. The molecule has 1 aliphatic rings.